The summed E-state index contributed by atoms with van der Waals surface area (Å²) in [5.74, 6) is -0.00463. The van der Waals surface area contributed by atoms with E-state index in [0.29, 0.717) is 0 Å². The Labute approximate surface area is 143 Å². The standard InChI is InChI=1S/C17H19F3N2O3/c1-15(2)12(16(3,4)13(15)25-14(22)23)24-10-6-5-9(8-21)11(7-10)17(18,19)20/h5-7,12-13H,1-4H3,(H2,22,23). The Bertz CT molecular complexity index is 720. The maximum Gasteiger partial charge on any atom is 0.417 e. The average molecular weight is 356 g/mol. The minimum atomic E-state index is -4.66. The van der Waals surface area contributed by atoms with E-state index in [1.54, 1.807) is 27.7 Å². The van der Waals surface area contributed by atoms with Crippen molar-refractivity contribution in [3.63, 3.8) is 0 Å². The number of nitrogens with zero attached hydrogens (tertiary/aromatic N) is 1. The molecule has 5 nitrogen and oxygen atoms in total. The molecule has 2 N–H and O–H groups in total. The molecule has 1 aliphatic rings. The zero-order valence-corrected chi connectivity index (χ0v) is 14.3. The fourth-order valence-corrected chi connectivity index (χ4v) is 3.88. The van der Waals surface area contributed by atoms with Crippen molar-refractivity contribution in [1.29, 1.82) is 5.26 Å². The number of alkyl halides is 3. The van der Waals surface area contributed by atoms with Crippen molar-refractivity contribution in [2.75, 3.05) is 0 Å². The molecule has 0 unspecified atom stereocenters. The molecule has 0 radical (unpaired) electrons. The maximum absolute atomic E-state index is 13.1. The Kier molecular flexibility index (Phi) is 4.41. The molecule has 1 aliphatic carbocycles. The molecule has 0 aromatic heterocycles. The van der Waals surface area contributed by atoms with Crippen molar-refractivity contribution in [1.82, 2.24) is 0 Å². The van der Waals surface area contributed by atoms with Gasteiger partial charge in [-0.15, -0.1) is 0 Å². The number of nitrogens with two attached hydrogens (primary N) is 1. The van der Waals surface area contributed by atoms with Crippen LogP contribution in [0.2, 0.25) is 0 Å². The van der Waals surface area contributed by atoms with Crippen LogP contribution in [-0.4, -0.2) is 18.3 Å². The number of benzene rings is 1. The number of ether oxygens (including phenoxy) is 2. The number of nitriles is 1. The molecule has 136 valence electrons. The van der Waals surface area contributed by atoms with Crippen molar-refractivity contribution in [2.24, 2.45) is 16.6 Å². The Morgan fingerprint density at radius 1 is 1.20 bits per heavy atom. The fourth-order valence-electron chi connectivity index (χ4n) is 3.88. The van der Waals surface area contributed by atoms with E-state index in [-0.39, 0.29) is 5.75 Å². The minimum absolute atomic E-state index is 0.00463. The van der Waals surface area contributed by atoms with Crippen LogP contribution in [0.15, 0.2) is 18.2 Å². The van der Waals surface area contributed by atoms with Gasteiger partial charge in [0.1, 0.15) is 18.0 Å². The second-order valence-electron chi connectivity index (χ2n) is 7.27. The number of halogens is 3. The summed E-state index contributed by atoms with van der Waals surface area (Å²) in [4.78, 5) is 11.1. The van der Waals surface area contributed by atoms with Gasteiger partial charge in [0.05, 0.1) is 17.2 Å². The zero-order chi connectivity index (χ0) is 19.2. The van der Waals surface area contributed by atoms with Gasteiger partial charge in [-0.2, -0.15) is 18.4 Å². The summed E-state index contributed by atoms with van der Waals surface area (Å²) in [6.07, 6.45) is -6.63. The van der Waals surface area contributed by atoms with E-state index < -0.39 is 46.4 Å². The molecule has 0 spiro atoms. The number of rotatable bonds is 3. The fraction of sp³-hybridized carbons (Fsp3) is 0.529. The van der Waals surface area contributed by atoms with E-state index in [2.05, 4.69) is 0 Å². The van der Waals surface area contributed by atoms with Gasteiger partial charge < -0.3 is 15.2 Å². The lowest BCUT2D eigenvalue weighted by molar-refractivity contribution is -0.234. The van der Waals surface area contributed by atoms with Crippen molar-refractivity contribution in [3.8, 4) is 11.8 Å². The molecular formula is C17H19F3N2O3. The highest BCUT2D eigenvalue weighted by atomic mass is 19.4. The predicted molar refractivity (Wildman–Crippen MR) is 82.6 cm³/mol. The monoisotopic (exact) mass is 356 g/mol. The molecule has 0 saturated heterocycles. The minimum Gasteiger partial charge on any atom is -0.489 e. The quantitative estimate of drug-likeness (QED) is 0.891. The highest BCUT2D eigenvalue weighted by molar-refractivity contribution is 5.65. The number of hydrogen-bond donors (Lipinski definition) is 1. The SMILES string of the molecule is CC1(C)C(OC(N)=O)C(C)(C)C1Oc1ccc(C#N)c(C(F)(F)F)c1. The van der Waals surface area contributed by atoms with Crippen LogP contribution in [0.25, 0.3) is 0 Å². The zero-order valence-electron chi connectivity index (χ0n) is 14.3. The van der Waals surface area contributed by atoms with E-state index >= 15 is 0 Å². The number of amides is 1. The second kappa shape index (κ2) is 5.83. The van der Waals surface area contributed by atoms with Crippen LogP contribution in [0.4, 0.5) is 18.0 Å². The summed E-state index contributed by atoms with van der Waals surface area (Å²) in [6, 6.07) is 4.74. The highest BCUT2D eigenvalue weighted by Gasteiger charge is 2.66. The van der Waals surface area contributed by atoms with Gasteiger partial charge in [0.15, 0.2) is 0 Å². The molecule has 2 rings (SSSR count). The number of carbonyl (C=O) groups is 1. The van der Waals surface area contributed by atoms with E-state index in [1.165, 1.54) is 12.1 Å². The topological polar surface area (TPSA) is 85.3 Å². The third kappa shape index (κ3) is 3.23. The van der Waals surface area contributed by atoms with Gasteiger partial charge in [-0.05, 0) is 18.2 Å². The Hall–Kier alpha value is -2.43. The summed E-state index contributed by atoms with van der Waals surface area (Å²) in [7, 11) is 0. The molecule has 1 amide bonds. The van der Waals surface area contributed by atoms with Crippen LogP contribution < -0.4 is 10.5 Å². The Morgan fingerprint density at radius 2 is 1.76 bits per heavy atom. The first-order valence-electron chi connectivity index (χ1n) is 7.56. The highest BCUT2D eigenvalue weighted by Crippen LogP contribution is 2.57. The van der Waals surface area contributed by atoms with E-state index in [1.807, 2.05) is 0 Å². The van der Waals surface area contributed by atoms with Crippen LogP contribution in [-0.2, 0) is 10.9 Å². The molecule has 0 atom stereocenters. The normalized spacial score (nSPS) is 23.9. The maximum atomic E-state index is 13.1. The molecule has 0 heterocycles. The van der Waals surface area contributed by atoms with Crippen molar-refractivity contribution in [3.05, 3.63) is 29.3 Å². The van der Waals surface area contributed by atoms with E-state index in [0.717, 1.165) is 12.1 Å². The smallest absolute Gasteiger partial charge is 0.417 e. The lowest BCUT2D eigenvalue weighted by Crippen LogP contribution is -2.70. The first-order chi connectivity index (χ1) is 11.3. The van der Waals surface area contributed by atoms with Gasteiger partial charge in [-0.25, -0.2) is 4.79 Å². The molecule has 25 heavy (non-hydrogen) atoms. The first-order valence-corrected chi connectivity index (χ1v) is 7.56. The van der Waals surface area contributed by atoms with E-state index in [9.17, 15) is 18.0 Å². The summed E-state index contributed by atoms with van der Waals surface area (Å²) in [5, 5.41) is 8.85. The summed E-state index contributed by atoms with van der Waals surface area (Å²) < 4.78 is 50.2. The van der Waals surface area contributed by atoms with Gasteiger partial charge in [0.25, 0.3) is 0 Å². The number of carbonyl (C=O) groups excluding carboxylic acids is 1. The molecule has 8 heteroatoms. The molecule has 1 fully saturated rings. The Morgan fingerprint density at radius 3 is 2.20 bits per heavy atom. The molecule has 0 aliphatic heterocycles. The van der Waals surface area contributed by atoms with Gasteiger partial charge in [-0.1, -0.05) is 27.7 Å². The predicted octanol–water partition coefficient (Wildman–Crippen LogP) is 3.85. The largest absolute Gasteiger partial charge is 0.489 e. The summed E-state index contributed by atoms with van der Waals surface area (Å²) in [6.45, 7) is 7.13. The van der Waals surface area contributed by atoms with Gasteiger partial charge in [0, 0.05) is 10.8 Å². The van der Waals surface area contributed by atoms with Crippen LogP contribution in [0.5, 0.6) is 5.75 Å². The summed E-state index contributed by atoms with van der Waals surface area (Å²) >= 11 is 0. The molecule has 1 aromatic carbocycles. The molecule has 1 saturated carbocycles. The lowest BCUT2D eigenvalue weighted by atomic mass is 9.51. The molecule has 0 bridgehead atoms. The summed E-state index contributed by atoms with van der Waals surface area (Å²) in [5.41, 5.74) is 2.27. The van der Waals surface area contributed by atoms with Crippen LogP contribution in [0.3, 0.4) is 0 Å². The number of primary amides is 1. The van der Waals surface area contributed by atoms with Crippen molar-refractivity contribution in [2.45, 2.75) is 46.1 Å². The second-order valence-corrected chi connectivity index (χ2v) is 7.27. The van der Waals surface area contributed by atoms with Crippen molar-refractivity contribution >= 4 is 6.09 Å². The average Bonchev–Trinajstić information content (AvgIpc) is 2.48. The lowest BCUT2D eigenvalue weighted by Gasteiger charge is -2.61. The van der Waals surface area contributed by atoms with Gasteiger partial charge in [0.2, 0.25) is 0 Å². The molecular weight excluding hydrogens is 337 g/mol. The van der Waals surface area contributed by atoms with Crippen LogP contribution in [0, 0.1) is 22.2 Å². The van der Waals surface area contributed by atoms with E-state index in [4.69, 9.17) is 20.5 Å². The van der Waals surface area contributed by atoms with Crippen LogP contribution in [0.1, 0.15) is 38.8 Å². The third-order valence-corrected chi connectivity index (χ3v) is 4.61. The van der Waals surface area contributed by atoms with Gasteiger partial charge in [-0.3, -0.25) is 0 Å². The number of hydrogen-bond acceptors (Lipinski definition) is 4. The van der Waals surface area contributed by atoms with Crippen molar-refractivity contribution < 1.29 is 27.4 Å². The Balaban J connectivity index is 2.32. The van der Waals surface area contributed by atoms with Crippen LogP contribution >= 0.6 is 0 Å². The molecule has 1 aromatic rings. The third-order valence-electron chi connectivity index (χ3n) is 4.61. The first kappa shape index (κ1) is 18.9. The van der Waals surface area contributed by atoms with Gasteiger partial charge >= 0.3 is 12.3 Å².